The Morgan fingerprint density at radius 2 is 2.15 bits per heavy atom. The molecule has 104 valence electrons. The zero-order valence-corrected chi connectivity index (χ0v) is 11.1. The molecule has 0 atom stereocenters. The molecule has 5 heteroatoms. The summed E-state index contributed by atoms with van der Waals surface area (Å²) in [4.78, 5) is 15.3. The fraction of sp³-hybridized carbons (Fsp3) is 0.333. The van der Waals surface area contributed by atoms with Gasteiger partial charge < -0.3 is 14.9 Å². The largest absolute Gasteiger partial charge is 0.505 e. The van der Waals surface area contributed by atoms with Crippen LogP contribution < -0.4 is 4.74 Å². The highest BCUT2D eigenvalue weighted by Gasteiger charge is 2.24. The molecule has 0 saturated heterocycles. The van der Waals surface area contributed by atoms with Crippen LogP contribution in [0.4, 0.5) is 0 Å². The minimum Gasteiger partial charge on any atom is -0.505 e. The van der Waals surface area contributed by atoms with Gasteiger partial charge >= 0.3 is 5.97 Å². The number of aromatic carboxylic acids is 1. The molecular weight excluding hydrogens is 258 g/mol. The zero-order valence-electron chi connectivity index (χ0n) is 11.1. The number of phenols is 1. The molecule has 1 fully saturated rings. The molecule has 1 saturated carbocycles. The number of carbonyl (C=O) groups is 1. The van der Waals surface area contributed by atoms with Crippen LogP contribution in [0.3, 0.4) is 0 Å². The van der Waals surface area contributed by atoms with E-state index in [-0.39, 0.29) is 17.2 Å². The molecule has 0 spiro atoms. The fourth-order valence-corrected chi connectivity index (χ4v) is 2.58. The zero-order chi connectivity index (χ0) is 14.3. The molecule has 2 N–H and O–H groups in total. The lowest BCUT2D eigenvalue weighted by molar-refractivity contribution is 0.0692. The Balaban J connectivity index is 2.21. The van der Waals surface area contributed by atoms with Crippen molar-refractivity contribution in [3.8, 4) is 11.6 Å². The lowest BCUT2D eigenvalue weighted by Gasteiger charge is -2.26. The Bertz CT molecular complexity index is 692. The number of hydrogen-bond donors (Lipinski definition) is 2. The number of methoxy groups -OCH3 is 1. The number of pyridine rings is 1. The lowest BCUT2D eigenvalue weighted by atomic mass is 9.79. The van der Waals surface area contributed by atoms with Crippen LogP contribution in [0.15, 0.2) is 18.2 Å². The van der Waals surface area contributed by atoms with Gasteiger partial charge in [-0.15, -0.1) is 0 Å². The van der Waals surface area contributed by atoms with Gasteiger partial charge in [-0.2, -0.15) is 0 Å². The first-order valence-corrected chi connectivity index (χ1v) is 6.55. The molecule has 2 aromatic rings. The van der Waals surface area contributed by atoms with Crippen LogP contribution in [0.25, 0.3) is 10.9 Å². The highest BCUT2D eigenvalue weighted by atomic mass is 16.5. The molecule has 0 aliphatic heterocycles. The summed E-state index contributed by atoms with van der Waals surface area (Å²) in [6.45, 7) is 0. The molecule has 1 aliphatic rings. The topological polar surface area (TPSA) is 79.7 Å². The van der Waals surface area contributed by atoms with Crippen LogP contribution in [-0.4, -0.2) is 28.3 Å². The van der Waals surface area contributed by atoms with E-state index in [9.17, 15) is 9.90 Å². The summed E-state index contributed by atoms with van der Waals surface area (Å²) in [7, 11) is 1.37. The van der Waals surface area contributed by atoms with Crippen molar-refractivity contribution < 1.29 is 19.7 Å². The summed E-state index contributed by atoms with van der Waals surface area (Å²) in [5.41, 5.74) is 1.29. The molecule has 1 aromatic carbocycles. The number of carboxylic acids is 1. The Kier molecular flexibility index (Phi) is 2.97. The number of aromatic hydroxyl groups is 1. The van der Waals surface area contributed by atoms with Crippen LogP contribution in [0.2, 0.25) is 0 Å². The minimum absolute atomic E-state index is 0.00389. The Morgan fingerprint density at radius 1 is 1.40 bits per heavy atom. The van der Waals surface area contributed by atoms with Gasteiger partial charge in [-0.05, 0) is 30.4 Å². The molecule has 20 heavy (non-hydrogen) atoms. The third-order valence-corrected chi connectivity index (χ3v) is 3.93. The smallest absolute Gasteiger partial charge is 0.341 e. The van der Waals surface area contributed by atoms with Crippen molar-refractivity contribution in [3.05, 3.63) is 29.3 Å². The number of fused-ring (bicyclic) bond motifs is 1. The first kappa shape index (κ1) is 12.7. The second-order valence-electron chi connectivity index (χ2n) is 5.05. The van der Waals surface area contributed by atoms with Crippen LogP contribution in [0, 0.1) is 0 Å². The highest BCUT2D eigenvalue weighted by molar-refractivity contribution is 5.97. The van der Waals surface area contributed by atoms with E-state index in [1.807, 2.05) is 12.1 Å². The van der Waals surface area contributed by atoms with Crippen LogP contribution >= 0.6 is 0 Å². The van der Waals surface area contributed by atoms with E-state index in [0.29, 0.717) is 16.8 Å². The fourth-order valence-electron chi connectivity index (χ4n) is 2.58. The van der Waals surface area contributed by atoms with Crippen LogP contribution in [0.1, 0.15) is 41.1 Å². The first-order valence-electron chi connectivity index (χ1n) is 6.55. The maximum absolute atomic E-state index is 11.2. The Labute approximate surface area is 115 Å². The third kappa shape index (κ3) is 1.86. The molecule has 3 rings (SSSR count). The summed E-state index contributed by atoms with van der Waals surface area (Å²) in [5, 5.41) is 20.1. The van der Waals surface area contributed by atoms with Gasteiger partial charge in [0.15, 0.2) is 0 Å². The van der Waals surface area contributed by atoms with Crippen molar-refractivity contribution in [2.24, 2.45) is 0 Å². The number of carboxylic acid groups (broad SMARTS) is 1. The summed E-state index contributed by atoms with van der Waals surface area (Å²) in [5.74, 6) is -0.557. The predicted octanol–water partition coefficient (Wildman–Crippen LogP) is 2.91. The van der Waals surface area contributed by atoms with E-state index < -0.39 is 5.97 Å². The van der Waals surface area contributed by atoms with Gasteiger partial charge in [0, 0.05) is 5.39 Å². The number of hydrogen-bond acceptors (Lipinski definition) is 4. The van der Waals surface area contributed by atoms with Gasteiger partial charge in [-0.3, -0.25) is 0 Å². The van der Waals surface area contributed by atoms with E-state index in [1.54, 1.807) is 0 Å². The van der Waals surface area contributed by atoms with Gasteiger partial charge in [0.2, 0.25) is 5.88 Å². The quantitative estimate of drug-likeness (QED) is 0.898. The minimum atomic E-state index is -1.10. The SMILES string of the molecule is COc1nc2c(O)c(C3CCC3)ccc2cc1C(=O)O. The van der Waals surface area contributed by atoms with Crippen molar-refractivity contribution in [2.75, 3.05) is 7.11 Å². The van der Waals surface area contributed by atoms with E-state index >= 15 is 0 Å². The molecule has 0 bridgehead atoms. The third-order valence-electron chi connectivity index (χ3n) is 3.93. The van der Waals surface area contributed by atoms with E-state index in [4.69, 9.17) is 9.84 Å². The molecular formula is C15H15NO4. The summed E-state index contributed by atoms with van der Waals surface area (Å²) < 4.78 is 5.01. The number of ether oxygens (including phenoxy) is 1. The van der Waals surface area contributed by atoms with Gasteiger partial charge in [0.1, 0.15) is 16.8 Å². The summed E-state index contributed by atoms with van der Waals surface area (Å²) in [6.07, 6.45) is 3.32. The van der Waals surface area contributed by atoms with E-state index in [0.717, 1.165) is 18.4 Å². The Morgan fingerprint density at radius 3 is 2.70 bits per heavy atom. The maximum atomic E-state index is 11.2. The van der Waals surface area contributed by atoms with Crippen LogP contribution in [-0.2, 0) is 0 Å². The average molecular weight is 273 g/mol. The van der Waals surface area contributed by atoms with E-state index in [2.05, 4.69) is 4.98 Å². The molecule has 0 radical (unpaired) electrons. The van der Waals surface area contributed by atoms with Crippen molar-refractivity contribution in [1.29, 1.82) is 0 Å². The summed E-state index contributed by atoms with van der Waals surface area (Å²) in [6, 6.07) is 5.15. The molecule has 5 nitrogen and oxygen atoms in total. The van der Waals surface area contributed by atoms with Gasteiger partial charge in [-0.25, -0.2) is 9.78 Å². The number of phenolic OH excluding ortho intramolecular Hbond substituents is 1. The Hall–Kier alpha value is -2.30. The van der Waals surface area contributed by atoms with Crippen molar-refractivity contribution in [1.82, 2.24) is 4.98 Å². The summed E-state index contributed by atoms with van der Waals surface area (Å²) >= 11 is 0. The second-order valence-corrected chi connectivity index (χ2v) is 5.05. The van der Waals surface area contributed by atoms with Gasteiger partial charge in [0.05, 0.1) is 7.11 Å². The predicted molar refractivity (Wildman–Crippen MR) is 73.5 cm³/mol. The maximum Gasteiger partial charge on any atom is 0.341 e. The number of benzene rings is 1. The van der Waals surface area contributed by atoms with Crippen molar-refractivity contribution in [2.45, 2.75) is 25.2 Å². The van der Waals surface area contributed by atoms with E-state index in [1.165, 1.54) is 19.6 Å². The molecule has 1 aliphatic carbocycles. The van der Waals surface area contributed by atoms with Crippen LogP contribution in [0.5, 0.6) is 11.6 Å². The molecule has 1 heterocycles. The monoisotopic (exact) mass is 273 g/mol. The highest BCUT2D eigenvalue weighted by Crippen LogP contribution is 2.43. The van der Waals surface area contributed by atoms with Gasteiger partial charge in [0.25, 0.3) is 0 Å². The molecule has 1 aromatic heterocycles. The van der Waals surface area contributed by atoms with Crippen molar-refractivity contribution in [3.63, 3.8) is 0 Å². The normalized spacial score (nSPS) is 15.1. The van der Waals surface area contributed by atoms with Gasteiger partial charge in [-0.1, -0.05) is 18.6 Å². The number of rotatable bonds is 3. The lowest BCUT2D eigenvalue weighted by Crippen LogP contribution is -2.09. The molecule has 0 unspecified atom stereocenters. The van der Waals surface area contributed by atoms with Crippen molar-refractivity contribution >= 4 is 16.9 Å². The first-order chi connectivity index (χ1) is 9.61. The number of aromatic nitrogens is 1. The average Bonchev–Trinajstić information content (AvgIpc) is 2.38. The molecule has 0 amide bonds. The number of nitrogens with zero attached hydrogens (tertiary/aromatic N) is 1. The second kappa shape index (κ2) is 4.67. The standard InChI is InChI=1S/C15H15NO4/c1-20-14-11(15(18)19)7-9-5-6-10(8-3-2-4-8)13(17)12(9)16-14/h5-8,17H,2-4H2,1H3,(H,18,19).